The van der Waals surface area contributed by atoms with E-state index >= 15 is 0 Å². The average Bonchev–Trinajstić information content (AvgIpc) is 2.80. The van der Waals surface area contributed by atoms with Crippen molar-refractivity contribution in [2.45, 2.75) is 18.0 Å². The van der Waals surface area contributed by atoms with Crippen LogP contribution in [-0.2, 0) is 23.1 Å². The smallest absolute Gasteiger partial charge is 0.245 e. The van der Waals surface area contributed by atoms with Gasteiger partial charge in [-0.05, 0) is 34.6 Å². The van der Waals surface area contributed by atoms with E-state index in [1.165, 1.54) is 6.07 Å². The van der Waals surface area contributed by atoms with Crippen molar-refractivity contribution >= 4 is 41.9 Å². The molecule has 0 saturated heterocycles. The first-order chi connectivity index (χ1) is 9.94. The average molecular weight is 438 g/mol. The van der Waals surface area contributed by atoms with Crippen molar-refractivity contribution in [3.8, 4) is 0 Å². The zero-order valence-electron chi connectivity index (χ0n) is 11.2. The summed E-state index contributed by atoms with van der Waals surface area (Å²) < 4.78 is 33.6. The van der Waals surface area contributed by atoms with Crippen molar-refractivity contribution in [2.24, 2.45) is 0 Å². The normalized spacial score (nSPS) is 11.8. The lowest BCUT2D eigenvalue weighted by Gasteiger charge is -2.06. The lowest BCUT2D eigenvalue weighted by Crippen LogP contribution is -2.23. The fourth-order valence-electron chi connectivity index (χ4n) is 1.73. The van der Waals surface area contributed by atoms with E-state index in [1.807, 2.05) is 24.3 Å². The molecule has 5 nitrogen and oxygen atoms in total. The molecule has 2 aromatic rings. The van der Waals surface area contributed by atoms with Gasteiger partial charge in [-0.1, -0.05) is 34.1 Å². The van der Waals surface area contributed by atoms with E-state index in [4.69, 9.17) is 4.42 Å². The summed E-state index contributed by atoms with van der Waals surface area (Å²) in [5, 5.41) is 2.91. The molecule has 21 heavy (non-hydrogen) atoms. The molecule has 2 N–H and O–H groups in total. The second-order valence-corrected chi connectivity index (χ2v) is 7.61. The summed E-state index contributed by atoms with van der Waals surface area (Å²) in [7, 11) is -1.88. The number of nitrogens with one attached hydrogen (secondary N) is 2. The van der Waals surface area contributed by atoms with E-state index in [2.05, 4.69) is 41.9 Å². The van der Waals surface area contributed by atoms with Crippen LogP contribution < -0.4 is 10.0 Å². The van der Waals surface area contributed by atoms with Gasteiger partial charge >= 0.3 is 0 Å². The lowest BCUT2D eigenvalue weighted by atomic mass is 10.2. The van der Waals surface area contributed by atoms with Gasteiger partial charge in [0.05, 0.1) is 6.54 Å². The van der Waals surface area contributed by atoms with Crippen LogP contribution in [0.2, 0.25) is 0 Å². The molecule has 114 valence electrons. The largest absolute Gasteiger partial charge is 0.452 e. The first kappa shape index (κ1) is 16.7. The molecular formula is C13H14Br2N2O3S. The van der Waals surface area contributed by atoms with Gasteiger partial charge in [0.15, 0.2) is 4.67 Å². The molecule has 0 atom stereocenters. The first-order valence-corrected chi connectivity index (χ1v) is 9.17. The van der Waals surface area contributed by atoms with E-state index in [1.54, 1.807) is 7.05 Å². The maximum absolute atomic E-state index is 12.3. The minimum absolute atomic E-state index is 0.0970. The maximum atomic E-state index is 12.3. The number of hydrogen-bond donors (Lipinski definition) is 2. The van der Waals surface area contributed by atoms with Crippen LogP contribution in [0.1, 0.15) is 11.3 Å². The van der Waals surface area contributed by atoms with E-state index in [0.29, 0.717) is 12.3 Å². The van der Waals surface area contributed by atoms with Crippen molar-refractivity contribution in [3.63, 3.8) is 0 Å². The molecule has 8 heteroatoms. The van der Waals surface area contributed by atoms with E-state index in [-0.39, 0.29) is 16.1 Å². The molecule has 1 heterocycles. The first-order valence-electron chi connectivity index (χ1n) is 6.10. The van der Waals surface area contributed by atoms with Crippen molar-refractivity contribution in [1.29, 1.82) is 0 Å². The molecule has 0 unspecified atom stereocenters. The van der Waals surface area contributed by atoms with Crippen LogP contribution in [0.15, 0.2) is 48.8 Å². The highest BCUT2D eigenvalue weighted by Gasteiger charge is 2.22. The zero-order valence-corrected chi connectivity index (χ0v) is 15.2. The quantitative estimate of drug-likeness (QED) is 0.728. The van der Waals surface area contributed by atoms with Gasteiger partial charge in [-0.15, -0.1) is 0 Å². The molecule has 0 saturated carbocycles. The molecule has 1 aromatic heterocycles. The molecule has 2 rings (SSSR count). The third-order valence-electron chi connectivity index (χ3n) is 2.76. The van der Waals surface area contributed by atoms with Crippen LogP contribution >= 0.6 is 31.9 Å². The molecule has 0 radical (unpaired) electrons. The number of hydrogen-bond acceptors (Lipinski definition) is 4. The van der Waals surface area contributed by atoms with Gasteiger partial charge in [0.1, 0.15) is 10.7 Å². The van der Waals surface area contributed by atoms with E-state index in [9.17, 15) is 8.42 Å². The summed E-state index contributed by atoms with van der Waals surface area (Å²) in [6.07, 6.45) is 0. The van der Waals surface area contributed by atoms with Gasteiger partial charge in [0, 0.05) is 17.1 Å². The predicted molar refractivity (Wildman–Crippen MR) is 87.3 cm³/mol. The fourth-order valence-corrected chi connectivity index (χ4v) is 4.16. The van der Waals surface area contributed by atoms with Gasteiger partial charge < -0.3 is 9.73 Å². The SMILES string of the molecule is CNCc1cc(S(=O)(=O)NCc2ccccc2Br)c(Br)o1. The Labute approximate surface area is 140 Å². The van der Waals surface area contributed by atoms with Gasteiger partial charge in [-0.3, -0.25) is 0 Å². The Hall–Kier alpha value is -0.670. The van der Waals surface area contributed by atoms with Gasteiger partial charge in [0.25, 0.3) is 0 Å². The number of rotatable bonds is 6. The van der Waals surface area contributed by atoms with Crippen molar-refractivity contribution in [2.75, 3.05) is 7.05 Å². The monoisotopic (exact) mass is 436 g/mol. The molecule has 0 aliphatic carbocycles. The number of halogens is 2. The van der Waals surface area contributed by atoms with E-state index in [0.717, 1.165) is 10.0 Å². The number of sulfonamides is 1. The molecule has 0 aliphatic rings. The molecule has 0 bridgehead atoms. The minimum atomic E-state index is -3.64. The van der Waals surface area contributed by atoms with Crippen LogP contribution in [0.5, 0.6) is 0 Å². The Morgan fingerprint density at radius 3 is 2.57 bits per heavy atom. The lowest BCUT2D eigenvalue weighted by molar-refractivity contribution is 0.470. The second-order valence-electron chi connectivity index (χ2n) is 4.30. The number of furan rings is 1. The van der Waals surface area contributed by atoms with Crippen molar-refractivity contribution in [1.82, 2.24) is 10.0 Å². The Morgan fingerprint density at radius 2 is 1.90 bits per heavy atom. The summed E-state index contributed by atoms with van der Waals surface area (Å²) in [5.74, 6) is 0.547. The third-order valence-corrected chi connectivity index (χ3v) is 5.79. The Balaban J connectivity index is 2.17. The molecule has 0 amide bonds. The highest BCUT2D eigenvalue weighted by molar-refractivity contribution is 9.10. The topological polar surface area (TPSA) is 71.3 Å². The second kappa shape index (κ2) is 7.06. The molecule has 1 aromatic carbocycles. The summed E-state index contributed by atoms with van der Waals surface area (Å²) in [6, 6.07) is 8.95. The Bertz CT molecular complexity index is 729. The highest BCUT2D eigenvalue weighted by Crippen LogP contribution is 2.26. The standard InChI is InChI=1S/C13H14Br2N2O3S/c1-16-8-10-6-12(13(15)20-10)21(18,19)17-7-9-4-2-3-5-11(9)14/h2-6,16-17H,7-8H2,1H3. The molecule has 0 spiro atoms. The summed E-state index contributed by atoms with van der Waals surface area (Å²) in [5.41, 5.74) is 0.858. The Kier molecular flexibility index (Phi) is 5.61. The Morgan fingerprint density at radius 1 is 1.19 bits per heavy atom. The molecule has 0 fully saturated rings. The molecular weight excluding hydrogens is 424 g/mol. The van der Waals surface area contributed by atoms with Gasteiger partial charge in [-0.25, -0.2) is 13.1 Å². The van der Waals surface area contributed by atoms with Crippen LogP contribution in [0.4, 0.5) is 0 Å². The van der Waals surface area contributed by atoms with Crippen LogP contribution in [0, 0.1) is 0 Å². The highest BCUT2D eigenvalue weighted by atomic mass is 79.9. The minimum Gasteiger partial charge on any atom is -0.452 e. The van der Waals surface area contributed by atoms with Crippen LogP contribution in [0.3, 0.4) is 0 Å². The fraction of sp³-hybridized carbons (Fsp3) is 0.231. The zero-order chi connectivity index (χ0) is 15.5. The predicted octanol–water partition coefficient (Wildman–Crippen LogP) is 3.00. The van der Waals surface area contributed by atoms with Crippen LogP contribution in [0.25, 0.3) is 0 Å². The number of benzene rings is 1. The van der Waals surface area contributed by atoms with E-state index < -0.39 is 10.0 Å². The van der Waals surface area contributed by atoms with Crippen LogP contribution in [-0.4, -0.2) is 15.5 Å². The van der Waals surface area contributed by atoms with Gasteiger partial charge in [0.2, 0.25) is 10.0 Å². The summed E-state index contributed by atoms with van der Waals surface area (Å²) in [6.45, 7) is 0.654. The summed E-state index contributed by atoms with van der Waals surface area (Å²) >= 11 is 6.53. The van der Waals surface area contributed by atoms with Crippen molar-refractivity contribution in [3.05, 3.63) is 50.8 Å². The van der Waals surface area contributed by atoms with Crippen molar-refractivity contribution < 1.29 is 12.8 Å². The summed E-state index contributed by atoms with van der Waals surface area (Å²) in [4.78, 5) is 0.0970. The molecule has 0 aliphatic heterocycles. The maximum Gasteiger partial charge on any atom is 0.245 e. The van der Waals surface area contributed by atoms with Gasteiger partial charge in [-0.2, -0.15) is 0 Å². The third kappa shape index (κ3) is 4.17.